The summed E-state index contributed by atoms with van der Waals surface area (Å²) in [6.07, 6.45) is 5.70. The number of hydrogen-bond acceptors (Lipinski definition) is 3. The van der Waals surface area contributed by atoms with Crippen LogP contribution in [0.5, 0.6) is 0 Å². The first-order valence-electron chi connectivity index (χ1n) is 2.29. The minimum atomic E-state index is 0.628. The van der Waals surface area contributed by atoms with Crippen LogP contribution in [0.1, 0.15) is 0 Å². The minimum Gasteiger partial charge on any atom is -0.353 e. The molecule has 1 rings (SSSR count). The highest BCUT2D eigenvalue weighted by Gasteiger charge is 2.00. The Balaban J connectivity index is 2.42. The summed E-state index contributed by atoms with van der Waals surface area (Å²) < 4.78 is 4.78. The van der Waals surface area contributed by atoms with Gasteiger partial charge in [-0.2, -0.15) is 0 Å². The largest absolute Gasteiger partial charge is 0.353 e. The van der Waals surface area contributed by atoms with Gasteiger partial charge in [-0.05, 0) is 6.08 Å². The van der Waals surface area contributed by atoms with Crippen molar-refractivity contribution >= 4 is 6.34 Å². The molecule has 43 valence electrons. The molecule has 0 aliphatic carbocycles. The van der Waals surface area contributed by atoms with Gasteiger partial charge in [0, 0.05) is 13.3 Å². The van der Waals surface area contributed by atoms with Gasteiger partial charge >= 0.3 is 0 Å². The van der Waals surface area contributed by atoms with Gasteiger partial charge in [0.2, 0.25) is 6.23 Å². The predicted molar refractivity (Wildman–Crippen MR) is 31.0 cm³/mol. The Bertz CT molecular complexity index is 108. The van der Waals surface area contributed by atoms with E-state index in [2.05, 4.69) is 10.3 Å². The molecule has 0 unspecified atom stereocenters. The third kappa shape index (κ3) is 1.07. The number of rotatable bonds is 1. The monoisotopic (exact) mass is 111 g/mol. The van der Waals surface area contributed by atoms with Crippen molar-refractivity contribution < 1.29 is 4.74 Å². The highest BCUT2D eigenvalue weighted by molar-refractivity contribution is 5.59. The van der Waals surface area contributed by atoms with Crippen molar-refractivity contribution in [1.82, 2.24) is 5.32 Å². The van der Waals surface area contributed by atoms with Crippen LogP contribution in [0.3, 0.4) is 0 Å². The fourth-order valence-electron chi connectivity index (χ4n) is 0.427. The van der Waals surface area contributed by atoms with E-state index >= 15 is 0 Å². The molecule has 1 N–H and O–H groups in total. The number of aliphatic imine (C=N–C) groups is 1. The van der Waals surface area contributed by atoms with Crippen molar-refractivity contribution in [2.75, 3.05) is 7.11 Å². The molecule has 0 spiro atoms. The van der Waals surface area contributed by atoms with E-state index in [9.17, 15) is 0 Å². The van der Waals surface area contributed by atoms with E-state index in [4.69, 9.17) is 4.74 Å². The fraction of sp³-hybridized carbons (Fsp3) is 0.200. The van der Waals surface area contributed by atoms with E-state index < -0.39 is 0 Å². The molecule has 0 atom stereocenters. The van der Waals surface area contributed by atoms with Crippen LogP contribution >= 0.6 is 0 Å². The lowest BCUT2D eigenvalue weighted by molar-refractivity contribution is 0.234. The SMILES string of the molecule is CO[C]1C=CNC=N1. The number of nitrogens with one attached hydrogen (secondary N) is 1. The van der Waals surface area contributed by atoms with Crippen molar-refractivity contribution in [2.45, 2.75) is 0 Å². The average Bonchev–Trinajstić information content (AvgIpc) is 1.90. The smallest absolute Gasteiger partial charge is 0.235 e. The predicted octanol–water partition coefficient (Wildman–Crippen LogP) is 0.267. The van der Waals surface area contributed by atoms with E-state index in [1.165, 1.54) is 0 Å². The molecule has 0 aromatic rings. The van der Waals surface area contributed by atoms with Crippen molar-refractivity contribution in [2.24, 2.45) is 4.99 Å². The number of ether oxygens (including phenoxy) is 1. The lowest BCUT2D eigenvalue weighted by Crippen LogP contribution is -2.08. The zero-order chi connectivity index (χ0) is 5.82. The minimum absolute atomic E-state index is 0.628. The van der Waals surface area contributed by atoms with Gasteiger partial charge in [-0.3, -0.25) is 0 Å². The summed E-state index contributed by atoms with van der Waals surface area (Å²) in [4.78, 5) is 3.82. The van der Waals surface area contributed by atoms with E-state index in [0.29, 0.717) is 6.23 Å². The fourth-order valence-corrected chi connectivity index (χ4v) is 0.427. The normalized spacial score (nSPS) is 18.6. The summed E-state index contributed by atoms with van der Waals surface area (Å²) in [7, 11) is 1.59. The highest BCUT2D eigenvalue weighted by Crippen LogP contribution is 2.03. The van der Waals surface area contributed by atoms with Crippen LogP contribution < -0.4 is 5.32 Å². The maximum atomic E-state index is 4.78. The molecule has 0 aromatic carbocycles. The van der Waals surface area contributed by atoms with Crippen LogP contribution in [-0.2, 0) is 4.74 Å². The van der Waals surface area contributed by atoms with Crippen LogP contribution in [0.2, 0.25) is 0 Å². The molecule has 0 fully saturated rings. The lowest BCUT2D eigenvalue weighted by Gasteiger charge is -2.04. The van der Waals surface area contributed by atoms with Gasteiger partial charge in [0.1, 0.15) is 0 Å². The Morgan fingerprint density at radius 3 is 3.00 bits per heavy atom. The van der Waals surface area contributed by atoms with Gasteiger partial charge in [0.05, 0.1) is 6.34 Å². The van der Waals surface area contributed by atoms with E-state index in [0.717, 1.165) is 0 Å². The summed E-state index contributed by atoms with van der Waals surface area (Å²) in [6.45, 7) is 0. The van der Waals surface area contributed by atoms with Crippen molar-refractivity contribution in [3.63, 3.8) is 0 Å². The molecule has 0 saturated heterocycles. The van der Waals surface area contributed by atoms with Gasteiger partial charge in [-0.1, -0.05) is 0 Å². The van der Waals surface area contributed by atoms with Gasteiger partial charge in [0.15, 0.2) is 0 Å². The molecule has 0 bridgehead atoms. The Labute approximate surface area is 48.1 Å². The van der Waals surface area contributed by atoms with Gasteiger partial charge in [0.25, 0.3) is 0 Å². The van der Waals surface area contributed by atoms with E-state index in [1.807, 2.05) is 0 Å². The zero-order valence-electron chi connectivity index (χ0n) is 4.59. The summed E-state index contributed by atoms with van der Waals surface area (Å²) in [6, 6.07) is 0. The maximum absolute atomic E-state index is 4.78. The molecule has 0 amide bonds. The standard InChI is InChI=1S/C5H7N2O/c1-8-5-2-3-6-4-7-5/h2-4H,1H3,(H,6,7). The Morgan fingerprint density at radius 2 is 2.62 bits per heavy atom. The summed E-state index contributed by atoms with van der Waals surface area (Å²) >= 11 is 0. The lowest BCUT2D eigenvalue weighted by atomic mass is 10.5. The molecule has 0 aromatic heterocycles. The molecule has 3 heteroatoms. The topological polar surface area (TPSA) is 33.6 Å². The molecule has 3 nitrogen and oxygen atoms in total. The first-order valence-corrected chi connectivity index (χ1v) is 2.29. The Morgan fingerprint density at radius 1 is 1.75 bits per heavy atom. The molecule has 1 radical (unpaired) electrons. The number of methoxy groups -OCH3 is 1. The van der Waals surface area contributed by atoms with Crippen LogP contribution in [0, 0.1) is 6.23 Å². The summed E-state index contributed by atoms with van der Waals surface area (Å²) in [5.41, 5.74) is 0. The number of nitrogens with zero attached hydrogens (tertiary/aromatic N) is 1. The Kier molecular flexibility index (Phi) is 1.64. The maximum Gasteiger partial charge on any atom is 0.235 e. The van der Waals surface area contributed by atoms with Crippen LogP contribution in [0.15, 0.2) is 17.3 Å². The second kappa shape index (κ2) is 2.47. The molecule has 1 heterocycles. The third-order valence-electron chi connectivity index (χ3n) is 0.798. The Hall–Kier alpha value is -0.830. The van der Waals surface area contributed by atoms with E-state index in [-0.39, 0.29) is 0 Å². The third-order valence-corrected chi connectivity index (χ3v) is 0.798. The first kappa shape index (κ1) is 5.31. The van der Waals surface area contributed by atoms with Crippen LogP contribution in [-0.4, -0.2) is 13.4 Å². The number of hydrogen-bond donors (Lipinski definition) is 1. The van der Waals surface area contributed by atoms with Crippen molar-refractivity contribution in [3.05, 3.63) is 18.5 Å². The summed E-state index contributed by atoms with van der Waals surface area (Å²) in [5.74, 6) is 0. The second-order valence-electron chi connectivity index (χ2n) is 1.30. The van der Waals surface area contributed by atoms with Crippen LogP contribution in [0.25, 0.3) is 0 Å². The average molecular weight is 111 g/mol. The highest BCUT2D eigenvalue weighted by atomic mass is 16.5. The van der Waals surface area contributed by atoms with Gasteiger partial charge in [-0.15, -0.1) is 0 Å². The van der Waals surface area contributed by atoms with E-state index in [1.54, 1.807) is 25.7 Å². The molecular weight excluding hydrogens is 104 g/mol. The molecule has 0 saturated carbocycles. The van der Waals surface area contributed by atoms with Gasteiger partial charge < -0.3 is 10.1 Å². The zero-order valence-corrected chi connectivity index (χ0v) is 4.59. The van der Waals surface area contributed by atoms with Gasteiger partial charge in [-0.25, -0.2) is 4.99 Å². The molecule has 1 aliphatic heterocycles. The molecule has 8 heavy (non-hydrogen) atoms. The van der Waals surface area contributed by atoms with Crippen molar-refractivity contribution in [3.8, 4) is 0 Å². The summed E-state index contributed by atoms with van der Waals surface area (Å²) in [5, 5.41) is 2.78. The van der Waals surface area contributed by atoms with Crippen LogP contribution in [0.4, 0.5) is 0 Å². The molecular formula is C5H7N2O. The quantitative estimate of drug-likeness (QED) is 0.526. The molecule has 1 aliphatic rings. The second-order valence-corrected chi connectivity index (χ2v) is 1.30. The first-order chi connectivity index (χ1) is 3.93. The van der Waals surface area contributed by atoms with Crippen molar-refractivity contribution in [1.29, 1.82) is 0 Å².